The number of aromatic carboxylic acids is 1. The van der Waals surface area contributed by atoms with Crippen molar-refractivity contribution in [3.05, 3.63) is 46.8 Å². The van der Waals surface area contributed by atoms with Crippen LogP contribution in [0.1, 0.15) is 41.6 Å². The summed E-state index contributed by atoms with van der Waals surface area (Å²) in [6.45, 7) is 0. The van der Waals surface area contributed by atoms with Crippen LogP contribution in [-0.2, 0) is 7.05 Å². The predicted octanol–water partition coefficient (Wildman–Crippen LogP) is 0.596. The van der Waals surface area contributed by atoms with Gasteiger partial charge in [0.1, 0.15) is 0 Å². The minimum absolute atomic E-state index is 0.0371. The van der Waals surface area contributed by atoms with Crippen molar-refractivity contribution in [1.29, 1.82) is 0 Å². The molecule has 0 spiro atoms. The maximum absolute atomic E-state index is 12.3. The van der Waals surface area contributed by atoms with Gasteiger partial charge in [0, 0.05) is 25.9 Å². The molecule has 3 amide bonds. The molecule has 2 heterocycles. The molecule has 122 valence electrons. The zero-order valence-electron chi connectivity index (χ0n) is 12.7. The molecule has 24 heavy (non-hydrogen) atoms. The maximum atomic E-state index is 12.3. The number of aromatic nitrogens is 2. The molecule has 0 radical (unpaired) electrons. The van der Waals surface area contributed by atoms with Gasteiger partial charge in [-0.25, -0.2) is 4.79 Å². The molecule has 2 aromatic rings. The molecule has 0 fully saturated rings. The van der Waals surface area contributed by atoms with E-state index in [1.807, 2.05) is 0 Å². The van der Waals surface area contributed by atoms with E-state index in [1.165, 1.54) is 43.2 Å². The number of imide groups is 1. The van der Waals surface area contributed by atoms with Gasteiger partial charge in [0.15, 0.2) is 5.69 Å². The molecular weight excluding hydrogens is 316 g/mol. The number of anilines is 1. The molecular formula is C15H12N4O5. The Hall–Kier alpha value is -3.49. The first-order chi connectivity index (χ1) is 11.3. The van der Waals surface area contributed by atoms with Gasteiger partial charge < -0.3 is 10.4 Å². The van der Waals surface area contributed by atoms with Crippen LogP contribution in [0.2, 0.25) is 0 Å². The Labute approximate surface area is 135 Å². The summed E-state index contributed by atoms with van der Waals surface area (Å²) in [5, 5.41) is 15.3. The van der Waals surface area contributed by atoms with Gasteiger partial charge in [-0.2, -0.15) is 5.10 Å². The highest BCUT2D eigenvalue weighted by atomic mass is 16.4. The molecule has 0 saturated heterocycles. The van der Waals surface area contributed by atoms with Crippen LogP contribution in [0.25, 0.3) is 0 Å². The first-order valence-corrected chi connectivity index (χ1v) is 6.84. The minimum atomic E-state index is -1.28. The Morgan fingerprint density at radius 2 is 1.79 bits per heavy atom. The van der Waals surface area contributed by atoms with Crippen LogP contribution in [0.15, 0.2) is 24.4 Å². The lowest BCUT2D eigenvalue weighted by Crippen LogP contribution is -2.24. The van der Waals surface area contributed by atoms with E-state index in [2.05, 4.69) is 10.4 Å². The Morgan fingerprint density at radius 3 is 2.46 bits per heavy atom. The Morgan fingerprint density at radius 1 is 1.12 bits per heavy atom. The van der Waals surface area contributed by atoms with E-state index in [0.717, 1.165) is 4.90 Å². The molecule has 9 heteroatoms. The third kappa shape index (κ3) is 2.32. The largest absolute Gasteiger partial charge is 0.476 e. The number of rotatable bonds is 3. The van der Waals surface area contributed by atoms with Crippen LogP contribution >= 0.6 is 0 Å². The fourth-order valence-electron chi connectivity index (χ4n) is 2.43. The van der Waals surface area contributed by atoms with Crippen molar-refractivity contribution in [2.24, 2.45) is 7.05 Å². The van der Waals surface area contributed by atoms with E-state index in [1.54, 1.807) is 0 Å². The van der Waals surface area contributed by atoms with Crippen molar-refractivity contribution >= 4 is 29.4 Å². The normalized spacial score (nSPS) is 13.2. The van der Waals surface area contributed by atoms with Crippen molar-refractivity contribution in [3.63, 3.8) is 0 Å². The average Bonchev–Trinajstić information content (AvgIpc) is 3.01. The quantitative estimate of drug-likeness (QED) is 0.796. The van der Waals surface area contributed by atoms with Crippen LogP contribution in [0.5, 0.6) is 0 Å². The molecule has 0 aliphatic carbocycles. The van der Waals surface area contributed by atoms with Gasteiger partial charge >= 0.3 is 5.97 Å². The van der Waals surface area contributed by atoms with Crippen LogP contribution < -0.4 is 5.32 Å². The van der Waals surface area contributed by atoms with Crippen molar-refractivity contribution < 1.29 is 24.3 Å². The van der Waals surface area contributed by atoms with Crippen molar-refractivity contribution in [1.82, 2.24) is 14.7 Å². The Bertz CT molecular complexity index is 915. The first kappa shape index (κ1) is 15.4. The van der Waals surface area contributed by atoms with Crippen molar-refractivity contribution in [2.75, 3.05) is 12.4 Å². The lowest BCUT2D eigenvalue weighted by Gasteiger charge is -2.05. The van der Waals surface area contributed by atoms with Gasteiger partial charge in [-0.3, -0.25) is 24.0 Å². The lowest BCUT2D eigenvalue weighted by molar-refractivity contribution is 0.0679. The third-order valence-corrected chi connectivity index (χ3v) is 3.63. The molecule has 0 saturated carbocycles. The molecule has 0 unspecified atom stereocenters. The molecule has 1 aromatic heterocycles. The number of fused-ring (bicyclic) bond motifs is 1. The molecule has 1 aliphatic rings. The van der Waals surface area contributed by atoms with Gasteiger partial charge in [0.25, 0.3) is 17.7 Å². The summed E-state index contributed by atoms with van der Waals surface area (Å²) >= 11 is 0. The van der Waals surface area contributed by atoms with Gasteiger partial charge in [0.05, 0.1) is 16.8 Å². The fourth-order valence-corrected chi connectivity index (χ4v) is 2.43. The number of nitrogens with one attached hydrogen (secondary N) is 1. The summed E-state index contributed by atoms with van der Waals surface area (Å²) in [5.74, 6) is -2.80. The van der Waals surface area contributed by atoms with Crippen molar-refractivity contribution in [2.45, 2.75) is 0 Å². The minimum Gasteiger partial charge on any atom is -0.476 e. The van der Waals surface area contributed by atoms with E-state index in [9.17, 15) is 19.2 Å². The van der Waals surface area contributed by atoms with Crippen LogP contribution in [0.4, 0.5) is 5.69 Å². The summed E-state index contributed by atoms with van der Waals surface area (Å²) < 4.78 is 1.26. The molecule has 9 nitrogen and oxygen atoms in total. The molecule has 3 rings (SSSR count). The number of carboxylic acid groups (broad SMARTS) is 1. The van der Waals surface area contributed by atoms with Crippen LogP contribution in [0.3, 0.4) is 0 Å². The summed E-state index contributed by atoms with van der Waals surface area (Å²) in [7, 11) is 2.89. The average molecular weight is 328 g/mol. The number of nitrogens with zero attached hydrogens (tertiary/aromatic N) is 3. The maximum Gasteiger partial charge on any atom is 0.358 e. The highest BCUT2D eigenvalue weighted by Gasteiger charge is 2.33. The Balaban J connectivity index is 1.92. The third-order valence-electron chi connectivity index (χ3n) is 3.63. The number of hydrogen-bond donors (Lipinski definition) is 2. The van der Waals surface area contributed by atoms with E-state index in [-0.39, 0.29) is 28.1 Å². The Kier molecular flexibility index (Phi) is 3.40. The summed E-state index contributed by atoms with van der Waals surface area (Å²) in [5.41, 5.74) is 0.241. The number of carbonyl (C=O) groups is 4. The molecule has 0 bridgehead atoms. The molecule has 1 aromatic carbocycles. The topological polar surface area (TPSA) is 122 Å². The highest BCUT2D eigenvalue weighted by molar-refractivity contribution is 6.22. The number of carbonyl (C=O) groups excluding carboxylic acids is 3. The number of carboxylic acids is 1. The summed E-state index contributed by atoms with van der Waals surface area (Å²) in [6.07, 6.45) is 1.36. The van der Waals surface area contributed by atoms with Gasteiger partial charge in [0.2, 0.25) is 0 Å². The van der Waals surface area contributed by atoms with Gasteiger partial charge in [-0.15, -0.1) is 0 Å². The second kappa shape index (κ2) is 5.30. The SMILES string of the molecule is CN1C(=O)c2ccc(C(=O)Nc3cn(C)nc3C(=O)O)cc2C1=O. The molecule has 2 N–H and O–H groups in total. The smallest absolute Gasteiger partial charge is 0.358 e. The second-order valence-electron chi connectivity index (χ2n) is 5.25. The lowest BCUT2D eigenvalue weighted by atomic mass is 10.1. The number of amides is 3. The van der Waals surface area contributed by atoms with E-state index >= 15 is 0 Å². The number of hydrogen-bond acceptors (Lipinski definition) is 5. The standard InChI is InChI=1S/C15H12N4O5/c1-18-6-10(11(17-18)15(23)24)16-12(20)7-3-4-8-9(5-7)14(22)19(2)13(8)21/h3-6H,1-2H3,(H,16,20)(H,23,24). The summed E-state index contributed by atoms with van der Waals surface area (Å²) in [6, 6.07) is 4.11. The number of benzene rings is 1. The molecule has 0 atom stereocenters. The van der Waals surface area contributed by atoms with Crippen LogP contribution in [-0.4, -0.2) is 50.5 Å². The summed E-state index contributed by atoms with van der Waals surface area (Å²) in [4.78, 5) is 48.2. The van der Waals surface area contributed by atoms with Crippen LogP contribution in [0, 0.1) is 0 Å². The van der Waals surface area contributed by atoms with Gasteiger partial charge in [-0.05, 0) is 18.2 Å². The predicted molar refractivity (Wildman–Crippen MR) is 81.0 cm³/mol. The fraction of sp³-hybridized carbons (Fsp3) is 0.133. The van der Waals surface area contributed by atoms with E-state index < -0.39 is 23.7 Å². The second-order valence-corrected chi connectivity index (χ2v) is 5.25. The first-order valence-electron chi connectivity index (χ1n) is 6.84. The number of aryl methyl sites for hydroxylation is 1. The van der Waals surface area contributed by atoms with Crippen molar-refractivity contribution in [3.8, 4) is 0 Å². The van der Waals surface area contributed by atoms with E-state index in [4.69, 9.17) is 5.11 Å². The zero-order valence-corrected chi connectivity index (χ0v) is 12.7. The molecule has 1 aliphatic heterocycles. The highest BCUT2D eigenvalue weighted by Crippen LogP contribution is 2.23. The zero-order chi connectivity index (χ0) is 17.6. The monoisotopic (exact) mass is 328 g/mol. The van der Waals surface area contributed by atoms with Gasteiger partial charge in [-0.1, -0.05) is 0 Å². The van der Waals surface area contributed by atoms with E-state index in [0.29, 0.717) is 0 Å².